The predicted octanol–water partition coefficient (Wildman–Crippen LogP) is 3.97. The highest BCUT2D eigenvalue weighted by molar-refractivity contribution is 5.97. The van der Waals surface area contributed by atoms with Crippen molar-refractivity contribution in [2.45, 2.75) is 27.4 Å². The highest BCUT2D eigenvalue weighted by Gasteiger charge is 2.21. The summed E-state index contributed by atoms with van der Waals surface area (Å²) in [7, 11) is 0. The second-order valence-electron chi connectivity index (χ2n) is 6.37. The van der Waals surface area contributed by atoms with E-state index in [1.54, 1.807) is 30.3 Å². The average molecular weight is 316 g/mol. The van der Waals surface area contributed by atoms with Gasteiger partial charge in [-0.3, -0.25) is 4.79 Å². The Bertz CT molecular complexity index is 691. The molecule has 0 spiro atoms. The molecule has 0 atom stereocenters. The standard InChI is InChI=1S/C18H21FN2O2/c1-18(2,3)17(22)21-16-9-8-14(10-15(16)20)23-11-12-4-6-13(19)7-5-12/h4-10H,11,20H2,1-3H3,(H,21,22). The van der Waals surface area contributed by atoms with Crippen LogP contribution in [0.25, 0.3) is 0 Å². The molecule has 2 rings (SSSR count). The second kappa shape index (κ2) is 6.69. The third-order valence-corrected chi connectivity index (χ3v) is 3.27. The van der Waals surface area contributed by atoms with Crippen molar-refractivity contribution in [2.24, 2.45) is 5.41 Å². The second-order valence-corrected chi connectivity index (χ2v) is 6.37. The van der Waals surface area contributed by atoms with Crippen LogP contribution in [0.2, 0.25) is 0 Å². The van der Waals surface area contributed by atoms with Crippen LogP contribution in [0.4, 0.5) is 15.8 Å². The molecule has 0 bridgehead atoms. The quantitative estimate of drug-likeness (QED) is 0.839. The summed E-state index contributed by atoms with van der Waals surface area (Å²) in [4.78, 5) is 12.0. The fourth-order valence-corrected chi connectivity index (χ4v) is 1.80. The van der Waals surface area contributed by atoms with Crippen LogP contribution in [0.1, 0.15) is 26.3 Å². The van der Waals surface area contributed by atoms with E-state index in [4.69, 9.17) is 10.5 Å². The molecule has 0 saturated heterocycles. The van der Waals surface area contributed by atoms with Crippen molar-refractivity contribution in [1.82, 2.24) is 0 Å². The number of hydrogen-bond donors (Lipinski definition) is 2. The van der Waals surface area contributed by atoms with Crippen LogP contribution in [-0.4, -0.2) is 5.91 Å². The van der Waals surface area contributed by atoms with Gasteiger partial charge in [-0.2, -0.15) is 0 Å². The normalized spacial score (nSPS) is 11.1. The molecule has 1 amide bonds. The van der Waals surface area contributed by atoms with Crippen LogP contribution in [0.15, 0.2) is 42.5 Å². The van der Waals surface area contributed by atoms with E-state index in [9.17, 15) is 9.18 Å². The van der Waals surface area contributed by atoms with E-state index in [0.29, 0.717) is 23.7 Å². The van der Waals surface area contributed by atoms with Crippen LogP contribution in [0.3, 0.4) is 0 Å². The summed E-state index contributed by atoms with van der Waals surface area (Å²) >= 11 is 0. The van der Waals surface area contributed by atoms with Crippen molar-refractivity contribution in [3.8, 4) is 5.75 Å². The molecule has 0 fully saturated rings. The van der Waals surface area contributed by atoms with Crippen molar-refractivity contribution >= 4 is 17.3 Å². The number of nitrogens with one attached hydrogen (secondary N) is 1. The molecule has 0 radical (unpaired) electrons. The molecular formula is C18H21FN2O2. The molecule has 5 heteroatoms. The minimum absolute atomic E-state index is 0.107. The van der Waals surface area contributed by atoms with E-state index < -0.39 is 5.41 Å². The van der Waals surface area contributed by atoms with E-state index in [0.717, 1.165) is 5.56 Å². The van der Waals surface area contributed by atoms with Crippen LogP contribution in [0, 0.1) is 11.2 Å². The molecule has 2 aromatic rings. The van der Waals surface area contributed by atoms with Gasteiger partial charge in [0.25, 0.3) is 0 Å². The Kier molecular flexibility index (Phi) is 4.89. The molecule has 3 N–H and O–H groups in total. The fourth-order valence-electron chi connectivity index (χ4n) is 1.80. The van der Waals surface area contributed by atoms with Crippen LogP contribution >= 0.6 is 0 Å². The number of benzene rings is 2. The summed E-state index contributed by atoms with van der Waals surface area (Å²) in [5.41, 5.74) is 7.30. The van der Waals surface area contributed by atoms with E-state index >= 15 is 0 Å². The first-order valence-electron chi connectivity index (χ1n) is 7.34. The number of carbonyl (C=O) groups is 1. The van der Waals surface area contributed by atoms with Crippen molar-refractivity contribution in [3.05, 3.63) is 53.8 Å². The summed E-state index contributed by atoms with van der Waals surface area (Å²) in [6.45, 7) is 5.81. The lowest BCUT2D eigenvalue weighted by atomic mass is 9.95. The van der Waals surface area contributed by atoms with E-state index in [2.05, 4.69) is 5.32 Å². The molecule has 0 aliphatic heterocycles. The number of ether oxygens (including phenoxy) is 1. The van der Waals surface area contributed by atoms with Crippen molar-refractivity contribution < 1.29 is 13.9 Å². The van der Waals surface area contributed by atoms with Gasteiger partial charge in [-0.1, -0.05) is 32.9 Å². The van der Waals surface area contributed by atoms with Gasteiger partial charge in [0.1, 0.15) is 18.2 Å². The Labute approximate surface area is 135 Å². The van der Waals surface area contributed by atoms with E-state index in [-0.39, 0.29) is 11.7 Å². The first-order valence-corrected chi connectivity index (χ1v) is 7.34. The Morgan fingerprint density at radius 3 is 2.39 bits per heavy atom. The third kappa shape index (κ3) is 4.71. The Morgan fingerprint density at radius 1 is 1.17 bits per heavy atom. The first kappa shape index (κ1) is 16.8. The maximum Gasteiger partial charge on any atom is 0.229 e. The molecular weight excluding hydrogens is 295 g/mol. The summed E-state index contributed by atoms with van der Waals surface area (Å²) in [6, 6.07) is 11.2. The predicted molar refractivity (Wildman–Crippen MR) is 89.7 cm³/mol. The molecule has 0 heterocycles. The van der Waals surface area contributed by atoms with Crippen molar-refractivity contribution in [1.29, 1.82) is 0 Å². The number of anilines is 2. The lowest BCUT2D eigenvalue weighted by Gasteiger charge is -2.19. The monoisotopic (exact) mass is 316 g/mol. The van der Waals surface area contributed by atoms with Gasteiger partial charge in [-0.15, -0.1) is 0 Å². The number of halogens is 1. The maximum absolute atomic E-state index is 12.8. The number of nitrogens with two attached hydrogens (primary N) is 1. The highest BCUT2D eigenvalue weighted by Crippen LogP contribution is 2.27. The molecule has 122 valence electrons. The zero-order valence-corrected chi connectivity index (χ0v) is 13.5. The summed E-state index contributed by atoms with van der Waals surface area (Å²) in [6.07, 6.45) is 0. The molecule has 0 aromatic heterocycles. The largest absolute Gasteiger partial charge is 0.489 e. The van der Waals surface area contributed by atoms with Gasteiger partial charge in [0.05, 0.1) is 11.4 Å². The zero-order chi connectivity index (χ0) is 17.0. The minimum atomic E-state index is -0.496. The Hall–Kier alpha value is -2.56. The first-order chi connectivity index (χ1) is 10.8. The Balaban J connectivity index is 2.01. The van der Waals surface area contributed by atoms with Gasteiger partial charge in [0.2, 0.25) is 5.91 Å². The van der Waals surface area contributed by atoms with Crippen molar-refractivity contribution in [2.75, 3.05) is 11.1 Å². The Morgan fingerprint density at radius 2 is 1.83 bits per heavy atom. The third-order valence-electron chi connectivity index (χ3n) is 3.27. The van der Waals surface area contributed by atoms with Crippen LogP contribution in [-0.2, 0) is 11.4 Å². The summed E-state index contributed by atoms with van der Waals surface area (Å²) in [5.74, 6) is 0.196. The number of rotatable bonds is 4. The minimum Gasteiger partial charge on any atom is -0.489 e. The van der Waals surface area contributed by atoms with Gasteiger partial charge >= 0.3 is 0 Å². The summed E-state index contributed by atoms with van der Waals surface area (Å²) < 4.78 is 18.5. The molecule has 0 aliphatic rings. The number of hydrogen-bond acceptors (Lipinski definition) is 3. The number of carbonyl (C=O) groups excluding carboxylic acids is 1. The number of nitrogen functional groups attached to an aromatic ring is 1. The average Bonchev–Trinajstić information content (AvgIpc) is 2.48. The molecule has 0 aliphatic carbocycles. The topological polar surface area (TPSA) is 64.3 Å². The lowest BCUT2D eigenvalue weighted by Crippen LogP contribution is -2.27. The van der Waals surface area contributed by atoms with E-state index in [1.165, 1.54) is 12.1 Å². The van der Waals surface area contributed by atoms with Gasteiger partial charge in [0, 0.05) is 11.5 Å². The fraction of sp³-hybridized carbons (Fsp3) is 0.278. The van der Waals surface area contributed by atoms with Gasteiger partial charge in [0.15, 0.2) is 0 Å². The van der Waals surface area contributed by atoms with Gasteiger partial charge in [-0.05, 0) is 29.8 Å². The van der Waals surface area contributed by atoms with Crippen LogP contribution < -0.4 is 15.8 Å². The molecule has 2 aromatic carbocycles. The number of amides is 1. The van der Waals surface area contributed by atoms with Crippen LogP contribution in [0.5, 0.6) is 5.75 Å². The zero-order valence-electron chi connectivity index (χ0n) is 13.5. The van der Waals surface area contributed by atoms with Gasteiger partial charge < -0.3 is 15.8 Å². The van der Waals surface area contributed by atoms with E-state index in [1.807, 2.05) is 20.8 Å². The van der Waals surface area contributed by atoms with Crippen molar-refractivity contribution in [3.63, 3.8) is 0 Å². The molecule has 23 heavy (non-hydrogen) atoms. The smallest absolute Gasteiger partial charge is 0.229 e. The molecule has 0 unspecified atom stereocenters. The lowest BCUT2D eigenvalue weighted by molar-refractivity contribution is -0.123. The molecule has 4 nitrogen and oxygen atoms in total. The molecule has 0 saturated carbocycles. The SMILES string of the molecule is CC(C)(C)C(=O)Nc1ccc(OCc2ccc(F)cc2)cc1N. The highest BCUT2D eigenvalue weighted by atomic mass is 19.1. The van der Waals surface area contributed by atoms with Gasteiger partial charge in [-0.25, -0.2) is 4.39 Å². The maximum atomic E-state index is 12.8. The summed E-state index contributed by atoms with van der Waals surface area (Å²) in [5, 5.41) is 2.80.